The molecule has 2 rings (SSSR count). The molecule has 0 unspecified atom stereocenters. The molecule has 0 atom stereocenters. The van der Waals surface area contributed by atoms with Crippen LogP contribution < -0.4 is 5.32 Å². The van der Waals surface area contributed by atoms with E-state index in [4.69, 9.17) is 5.11 Å². The molecule has 1 aromatic rings. The van der Waals surface area contributed by atoms with Crippen LogP contribution in [0.1, 0.15) is 49.0 Å². The number of carbonyl (C=O) groups is 2. The Bertz CT molecular complexity index is 436. The minimum absolute atomic E-state index is 0.0250. The van der Waals surface area contributed by atoms with Gasteiger partial charge in [0.15, 0.2) is 5.82 Å². The SMILES string of the molecule is O=C(CC1CCCCC1)Nc1cc(C(=O)O)[nH]n1. The van der Waals surface area contributed by atoms with Crippen molar-refractivity contribution in [1.29, 1.82) is 0 Å². The van der Waals surface area contributed by atoms with Crippen molar-refractivity contribution in [2.24, 2.45) is 5.92 Å². The number of hydrogen-bond donors (Lipinski definition) is 3. The Labute approximate surface area is 105 Å². The van der Waals surface area contributed by atoms with Crippen LogP contribution in [-0.4, -0.2) is 27.2 Å². The van der Waals surface area contributed by atoms with Gasteiger partial charge in [-0.05, 0) is 18.8 Å². The number of carbonyl (C=O) groups excluding carboxylic acids is 1. The molecule has 1 fully saturated rings. The first-order valence-electron chi connectivity index (χ1n) is 6.23. The predicted molar refractivity (Wildman–Crippen MR) is 65.4 cm³/mol. The number of carboxylic acid groups (broad SMARTS) is 1. The van der Waals surface area contributed by atoms with Crippen LogP contribution in [-0.2, 0) is 4.79 Å². The van der Waals surface area contributed by atoms with Crippen molar-refractivity contribution < 1.29 is 14.7 Å². The van der Waals surface area contributed by atoms with Crippen LogP contribution in [0, 0.1) is 5.92 Å². The molecule has 0 aromatic carbocycles. The largest absolute Gasteiger partial charge is 0.477 e. The number of aromatic amines is 1. The fourth-order valence-corrected chi connectivity index (χ4v) is 2.34. The van der Waals surface area contributed by atoms with E-state index in [9.17, 15) is 9.59 Å². The van der Waals surface area contributed by atoms with E-state index in [0.29, 0.717) is 12.3 Å². The number of aromatic carboxylic acids is 1. The average Bonchev–Trinajstić information content (AvgIpc) is 2.78. The van der Waals surface area contributed by atoms with E-state index in [2.05, 4.69) is 15.5 Å². The fraction of sp³-hybridized carbons (Fsp3) is 0.583. The number of carboxylic acids is 1. The number of nitrogens with zero attached hydrogens (tertiary/aromatic N) is 1. The van der Waals surface area contributed by atoms with Gasteiger partial charge in [0, 0.05) is 12.5 Å². The van der Waals surface area contributed by atoms with Gasteiger partial charge < -0.3 is 10.4 Å². The molecule has 0 saturated heterocycles. The zero-order valence-corrected chi connectivity index (χ0v) is 10.1. The number of hydrogen-bond acceptors (Lipinski definition) is 3. The Balaban J connectivity index is 1.84. The lowest BCUT2D eigenvalue weighted by atomic mass is 9.87. The lowest BCUT2D eigenvalue weighted by Gasteiger charge is -2.20. The zero-order valence-electron chi connectivity index (χ0n) is 10.1. The van der Waals surface area contributed by atoms with Crippen molar-refractivity contribution in [2.75, 3.05) is 5.32 Å². The Morgan fingerprint density at radius 1 is 1.39 bits per heavy atom. The molecule has 1 saturated carbocycles. The number of aromatic nitrogens is 2. The summed E-state index contributed by atoms with van der Waals surface area (Å²) in [6, 6.07) is 1.32. The first-order chi connectivity index (χ1) is 8.65. The van der Waals surface area contributed by atoms with Crippen molar-refractivity contribution in [3.8, 4) is 0 Å². The highest BCUT2D eigenvalue weighted by molar-refractivity contribution is 5.92. The molecule has 1 aromatic heterocycles. The summed E-state index contributed by atoms with van der Waals surface area (Å²) in [5.41, 5.74) is -0.0250. The second-order valence-electron chi connectivity index (χ2n) is 4.73. The van der Waals surface area contributed by atoms with Crippen LogP contribution in [0.5, 0.6) is 0 Å². The van der Waals surface area contributed by atoms with E-state index < -0.39 is 5.97 Å². The van der Waals surface area contributed by atoms with Crippen LogP contribution >= 0.6 is 0 Å². The molecule has 1 amide bonds. The summed E-state index contributed by atoms with van der Waals surface area (Å²) in [7, 11) is 0. The smallest absolute Gasteiger partial charge is 0.353 e. The molecule has 0 spiro atoms. The Hall–Kier alpha value is -1.85. The van der Waals surface area contributed by atoms with Crippen LogP contribution in [0.3, 0.4) is 0 Å². The summed E-state index contributed by atoms with van der Waals surface area (Å²) in [5.74, 6) is -0.453. The van der Waals surface area contributed by atoms with Crippen LogP contribution in [0.4, 0.5) is 5.82 Å². The average molecular weight is 251 g/mol. The highest BCUT2D eigenvalue weighted by Crippen LogP contribution is 2.26. The van der Waals surface area contributed by atoms with Crippen LogP contribution in [0.2, 0.25) is 0 Å². The maximum atomic E-state index is 11.7. The summed E-state index contributed by atoms with van der Waals surface area (Å²) in [6.07, 6.45) is 6.37. The Morgan fingerprint density at radius 3 is 2.72 bits per heavy atom. The van der Waals surface area contributed by atoms with Gasteiger partial charge in [0.05, 0.1) is 0 Å². The van der Waals surface area contributed by atoms with Gasteiger partial charge in [-0.2, -0.15) is 5.10 Å². The van der Waals surface area contributed by atoms with Gasteiger partial charge in [0.2, 0.25) is 5.91 Å². The van der Waals surface area contributed by atoms with E-state index in [1.807, 2.05) is 0 Å². The molecule has 0 radical (unpaired) electrons. The molecular formula is C12H17N3O3. The summed E-state index contributed by atoms with van der Waals surface area (Å²) in [4.78, 5) is 22.4. The van der Waals surface area contributed by atoms with Gasteiger partial charge in [-0.25, -0.2) is 4.79 Å². The fourth-order valence-electron chi connectivity index (χ4n) is 2.34. The van der Waals surface area contributed by atoms with Crippen molar-refractivity contribution in [3.05, 3.63) is 11.8 Å². The standard InChI is InChI=1S/C12H17N3O3/c16-11(6-8-4-2-1-3-5-8)13-10-7-9(12(17)18)14-15-10/h7-8H,1-6H2,(H,17,18)(H2,13,14,15,16). The highest BCUT2D eigenvalue weighted by Gasteiger charge is 2.18. The molecule has 0 aliphatic heterocycles. The quantitative estimate of drug-likeness (QED) is 0.762. The van der Waals surface area contributed by atoms with E-state index >= 15 is 0 Å². The molecule has 98 valence electrons. The first-order valence-corrected chi connectivity index (χ1v) is 6.23. The molecule has 18 heavy (non-hydrogen) atoms. The van der Waals surface area contributed by atoms with Gasteiger partial charge in [-0.3, -0.25) is 9.89 Å². The van der Waals surface area contributed by atoms with E-state index in [1.165, 1.54) is 25.3 Å². The summed E-state index contributed by atoms with van der Waals surface area (Å²) in [6.45, 7) is 0. The first kappa shape index (κ1) is 12.6. The maximum absolute atomic E-state index is 11.7. The second-order valence-corrected chi connectivity index (χ2v) is 4.73. The van der Waals surface area contributed by atoms with Crippen LogP contribution in [0.15, 0.2) is 6.07 Å². The minimum Gasteiger partial charge on any atom is -0.477 e. The molecule has 6 heteroatoms. The van der Waals surface area contributed by atoms with Crippen molar-refractivity contribution >= 4 is 17.7 Å². The molecular weight excluding hydrogens is 234 g/mol. The van der Waals surface area contributed by atoms with Crippen molar-refractivity contribution in [3.63, 3.8) is 0 Å². The zero-order chi connectivity index (χ0) is 13.0. The summed E-state index contributed by atoms with van der Waals surface area (Å²) >= 11 is 0. The number of rotatable bonds is 4. The topological polar surface area (TPSA) is 95.1 Å². The molecule has 3 N–H and O–H groups in total. The summed E-state index contributed by atoms with van der Waals surface area (Å²) in [5, 5.41) is 17.4. The highest BCUT2D eigenvalue weighted by atomic mass is 16.4. The predicted octanol–water partition coefficient (Wildman–Crippen LogP) is 2.02. The van der Waals surface area contributed by atoms with Crippen molar-refractivity contribution in [2.45, 2.75) is 38.5 Å². The molecule has 6 nitrogen and oxygen atoms in total. The van der Waals surface area contributed by atoms with E-state index in [1.54, 1.807) is 0 Å². The molecule has 1 aliphatic carbocycles. The third kappa shape index (κ3) is 3.32. The van der Waals surface area contributed by atoms with Gasteiger partial charge >= 0.3 is 5.97 Å². The van der Waals surface area contributed by atoms with Gasteiger partial charge in [-0.1, -0.05) is 19.3 Å². The van der Waals surface area contributed by atoms with Crippen LogP contribution in [0.25, 0.3) is 0 Å². The van der Waals surface area contributed by atoms with Gasteiger partial charge in [0.1, 0.15) is 5.69 Å². The molecule has 0 bridgehead atoms. The second kappa shape index (κ2) is 5.66. The molecule has 1 aliphatic rings. The Morgan fingerprint density at radius 2 is 2.11 bits per heavy atom. The minimum atomic E-state index is -1.09. The number of nitrogens with one attached hydrogen (secondary N) is 2. The van der Waals surface area contributed by atoms with Crippen molar-refractivity contribution in [1.82, 2.24) is 10.2 Å². The monoisotopic (exact) mass is 251 g/mol. The van der Waals surface area contributed by atoms with Gasteiger partial charge in [0.25, 0.3) is 0 Å². The third-order valence-corrected chi connectivity index (χ3v) is 3.27. The van der Waals surface area contributed by atoms with E-state index in [0.717, 1.165) is 12.8 Å². The lowest BCUT2D eigenvalue weighted by Crippen LogP contribution is -2.18. The number of amides is 1. The van der Waals surface area contributed by atoms with E-state index in [-0.39, 0.29) is 17.4 Å². The summed E-state index contributed by atoms with van der Waals surface area (Å²) < 4.78 is 0. The molecule has 1 heterocycles. The normalized spacial score (nSPS) is 16.4. The third-order valence-electron chi connectivity index (χ3n) is 3.27. The maximum Gasteiger partial charge on any atom is 0.353 e. The van der Waals surface area contributed by atoms with Gasteiger partial charge in [-0.15, -0.1) is 0 Å². The number of anilines is 1. The Kier molecular flexibility index (Phi) is 3.96. The number of H-pyrrole nitrogens is 1. The lowest BCUT2D eigenvalue weighted by molar-refractivity contribution is -0.117.